The summed E-state index contributed by atoms with van der Waals surface area (Å²) in [4.78, 5) is 26.6. The van der Waals surface area contributed by atoms with Gasteiger partial charge in [-0.05, 0) is 35.2 Å². The van der Waals surface area contributed by atoms with Crippen molar-refractivity contribution >= 4 is 44.4 Å². The minimum absolute atomic E-state index is 0.243. The van der Waals surface area contributed by atoms with Gasteiger partial charge in [0.2, 0.25) is 0 Å². The van der Waals surface area contributed by atoms with E-state index in [2.05, 4.69) is 53.1 Å². The Labute approximate surface area is 172 Å². The van der Waals surface area contributed by atoms with Crippen molar-refractivity contribution in [2.75, 3.05) is 7.05 Å². The molecule has 0 saturated heterocycles. The molecule has 2 heterocycles. The summed E-state index contributed by atoms with van der Waals surface area (Å²) in [6, 6.07) is 26.4. The topological polar surface area (TPSA) is 42.3 Å². The van der Waals surface area contributed by atoms with Crippen LogP contribution in [-0.2, 0) is 6.54 Å². The number of hydrogen-bond acceptors (Lipinski definition) is 2. The zero-order valence-electron chi connectivity index (χ0n) is 16.4. The number of hydrogen-bond donors (Lipinski definition) is 0. The molecule has 0 bridgehead atoms. The van der Waals surface area contributed by atoms with Gasteiger partial charge in [0.25, 0.3) is 11.8 Å². The van der Waals surface area contributed by atoms with Crippen molar-refractivity contribution in [3.63, 3.8) is 0 Å². The van der Waals surface area contributed by atoms with Crippen molar-refractivity contribution in [1.82, 2.24) is 9.47 Å². The molecule has 0 spiro atoms. The SMILES string of the molecule is CN1C(=O)c2cccc3c(Cn4c5ccccc5c5ccccc54)ccc(c23)C1=O. The van der Waals surface area contributed by atoms with E-state index in [1.807, 2.05) is 24.3 Å². The standard InChI is InChI=1S/C26H18N2O2/c1-27-25(29)20-10-6-9-17-16(13-14-21(24(17)20)26(27)30)15-28-22-11-4-2-7-18(22)19-8-3-5-12-23(19)28/h2-14H,15H2,1H3. The van der Waals surface area contributed by atoms with E-state index in [-0.39, 0.29) is 11.8 Å². The molecule has 0 fully saturated rings. The number of carbonyl (C=O) groups is 2. The van der Waals surface area contributed by atoms with E-state index >= 15 is 0 Å². The number of carbonyl (C=O) groups excluding carboxylic acids is 2. The monoisotopic (exact) mass is 390 g/mol. The van der Waals surface area contributed by atoms with Gasteiger partial charge < -0.3 is 4.57 Å². The van der Waals surface area contributed by atoms with Gasteiger partial charge in [-0.3, -0.25) is 14.5 Å². The van der Waals surface area contributed by atoms with Crippen molar-refractivity contribution in [3.05, 3.63) is 95.6 Å². The van der Waals surface area contributed by atoms with Crippen LogP contribution in [0.4, 0.5) is 0 Å². The second kappa shape index (κ2) is 6.04. The third-order valence-corrected chi connectivity index (χ3v) is 6.21. The number of para-hydroxylation sites is 2. The highest BCUT2D eigenvalue weighted by Gasteiger charge is 2.30. The Morgan fingerprint density at radius 2 is 1.20 bits per heavy atom. The van der Waals surface area contributed by atoms with Gasteiger partial charge in [-0.2, -0.15) is 0 Å². The predicted molar refractivity (Wildman–Crippen MR) is 119 cm³/mol. The molecule has 144 valence electrons. The van der Waals surface area contributed by atoms with Gasteiger partial charge in [0.1, 0.15) is 0 Å². The first kappa shape index (κ1) is 17.0. The Hall–Kier alpha value is -3.92. The minimum Gasteiger partial charge on any atom is -0.336 e. The highest BCUT2D eigenvalue weighted by Crippen LogP contribution is 2.34. The maximum Gasteiger partial charge on any atom is 0.261 e. The Bertz CT molecular complexity index is 1450. The molecule has 4 aromatic carbocycles. The maximum atomic E-state index is 12.7. The summed E-state index contributed by atoms with van der Waals surface area (Å²) < 4.78 is 2.31. The molecule has 1 aromatic heterocycles. The highest BCUT2D eigenvalue weighted by molar-refractivity contribution is 6.25. The molecule has 0 N–H and O–H groups in total. The van der Waals surface area contributed by atoms with Crippen molar-refractivity contribution in [2.45, 2.75) is 6.54 Å². The molecule has 4 heteroatoms. The lowest BCUT2D eigenvalue weighted by molar-refractivity contribution is 0.0650. The zero-order chi connectivity index (χ0) is 20.4. The molecule has 6 rings (SSSR count). The van der Waals surface area contributed by atoms with Crippen molar-refractivity contribution in [2.24, 2.45) is 0 Å². The van der Waals surface area contributed by atoms with Crippen molar-refractivity contribution in [1.29, 1.82) is 0 Å². The number of benzene rings is 4. The molecule has 0 radical (unpaired) electrons. The zero-order valence-corrected chi connectivity index (χ0v) is 16.4. The van der Waals surface area contributed by atoms with Crippen LogP contribution in [0.5, 0.6) is 0 Å². The first-order valence-electron chi connectivity index (χ1n) is 9.98. The summed E-state index contributed by atoms with van der Waals surface area (Å²) in [6.07, 6.45) is 0. The third-order valence-electron chi connectivity index (χ3n) is 6.21. The number of imide groups is 1. The summed E-state index contributed by atoms with van der Waals surface area (Å²) in [7, 11) is 1.54. The average molecular weight is 390 g/mol. The van der Waals surface area contributed by atoms with Crippen LogP contribution >= 0.6 is 0 Å². The van der Waals surface area contributed by atoms with Crippen LogP contribution < -0.4 is 0 Å². The molecule has 0 atom stereocenters. The smallest absolute Gasteiger partial charge is 0.261 e. The predicted octanol–water partition coefficient (Wildman–Crippen LogP) is 5.22. The van der Waals surface area contributed by atoms with E-state index in [9.17, 15) is 9.59 Å². The molecule has 0 saturated carbocycles. The largest absolute Gasteiger partial charge is 0.336 e. The molecule has 0 unspecified atom stereocenters. The molecule has 2 amide bonds. The molecule has 0 aliphatic carbocycles. The fourth-order valence-corrected chi connectivity index (χ4v) is 4.76. The maximum absolute atomic E-state index is 12.7. The summed E-state index contributed by atoms with van der Waals surface area (Å²) in [5.41, 5.74) is 4.62. The van der Waals surface area contributed by atoms with Crippen LogP contribution in [0.1, 0.15) is 26.3 Å². The first-order chi connectivity index (χ1) is 14.6. The van der Waals surface area contributed by atoms with Gasteiger partial charge in [-0.15, -0.1) is 0 Å². The summed E-state index contributed by atoms with van der Waals surface area (Å²) in [6.45, 7) is 0.659. The second-order valence-electron chi connectivity index (χ2n) is 7.79. The van der Waals surface area contributed by atoms with E-state index in [0.717, 1.165) is 16.3 Å². The van der Waals surface area contributed by atoms with Gasteiger partial charge >= 0.3 is 0 Å². The first-order valence-corrected chi connectivity index (χ1v) is 9.98. The number of nitrogens with zero attached hydrogens (tertiary/aromatic N) is 2. The van der Waals surface area contributed by atoms with Gasteiger partial charge in [0.15, 0.2) is 0 Å². The number of rotatable bonds is 2. The summed E-state index contributed by atoms with van der Waals surface area (Å²) >= 11 is 0. The highest BCUT2D eigenvalue weighted by atomic mass is 16.2. The fourth-order valence-electron chi connectivity index (χ4n) is 4.76. The number of aromatic nitrogens is 1. The lowest BCUT2D eigenvalue weighted by Crippen LogP contribution is -2.37. The second-order valence-corrected chi connectivity index (χ2v) is 7.79. The van der Waals surface area contributed by atoms with Crippen molar-refractivity contribution in [3.8, 4) is 0 Å². The Balaban J connectivity index is 1.62. The van der Waals surface area contributed by atoms with E-state index in [4.69, 9.17) is 0 Å². The molecule has 1 aliphatic rings. The van der Waals surface area contributed by atoms with Gasteiger partial charge in [0.05, 0.1) is 0 Å². The average Bonchev–Trinajstić information content (AvgIpc) is 3.10. The summed E-state index contributed by atoms with van der Waals surface area (Å²) in [5, 5.41) is 4.18. The fraction of sp³-hybridized carbons (Fsp3) is 0.0769. The molecular weight excluding hydrogens is 372 g/mol. The van der Waals surface area contributed by atoms with E-state index in [1.54, 1.807) is 13.1 Å². The van der Waals surface area contributed by atoms with Crippen LogP contribution in [0.25, 0.3) is 32.6 Å². The van der Waals surface area contributed by atoms with Crippen LogP contribution in [0.3, 0.4) is 0 Å². The Morgan fingerprint density at radius 1 is 0.633 bits per heavy atom. The summed E-state index contributed by atoms with van der Waals surface area (Å²) in [5.74, 6) is -0.487. The molecule has 4 nitrogen and oxygen atoms in total. The molecular formula is C26H18N2O2. The molecule has 1 aliphatic heterocycles. The van der Waals surface area contributed by atoms with Crippen LogP contribution in [0.15, 0.2) is 78.9 Å². The van der Waals surface area contributed by atoms with E-state index in [0.29, 0.717) is 17.7 Å². The van der Waals surface area contributed by atoms with E-state index in [1.165, 1.54) is 26.7 Å². The lowest BCUT2D eigenvalue weighted by atomic mass is 9.91. The number of fused-ring (bicyclic) bond motifs is 3. The van der Waals surface area contributed by atoms with E-state index < -0.39 is 0 Å². The van der Waals surface area contributed by atoms with Gasteiger partial charge in [-0.25, -0.2) is 0 Å². The third kappa shape index (κ3) is 2.16. The van der Waals surface area contributed by atoms with Gasteiger partial charge in [-0.1, -0.05) is 54.6 Å². The molecule has 5 aromatic rings. The van der Waals surface area contributed by atoms with Crippen molar-refractivity contribution < 1.29 is 9.59 Å². The van der Waals surface area contributed by atoms with Crippen LogP contribution in [0.2, 0.25) is 0 Å². The number of amides is 2. The Kier molecular flexibility index (Phi) is 3.42. The Morgan fingerprint density at radius 3 is 1.87 bits per heavy atom. The normalized spacial score (nSPS) is 13.7. The minimum atomic E-state index is -0.243. The quantitative estimate of drug-likeness (QED) is 0.388. The van der Waals surface area contributed by atoms with Gasteiger partial charge in [0, 0.05) is 51.9 Å². The lowest BCUT2D eigenvalue weighted by Gasteiger charge is -2.24. The molecule has 30 heavy (non-hydrogen) atoms. The van der Waals surface area contributed by atoms with Crippen LogP contribution in [-0.4, -0.2) is 28.3 Å². The van der Waals surface area contributed by atoms with Crippen LogP contribution in [0, 0.1) is 0 Å².